The van der Waals surface area contributed by atoms with Crippen LogP contribution in [0.15, 0.2) is 0 Å². The van der Waals surface area contributed by atoms with Crippen LogP contribution in [0.3, 0.4) is 0 Å². The molecule has 4 atom stereocenters. The van der Waals surface area contributed by atoms with Crippen LogP contribution in [-0.2, 0) is 0 Å². The second kappa shape index (κ2) is 5.25. The topological polar surface area (TPSA) is 35.5 Å². The fourth-order valence-corrected chi connectivity index (χ4v) is 4.05. The highest BCUT2D eigenvalue weighted by Crippen LogP contribution is 2.30. The predicted octanol–water partition coefficient (Wildman–Crippen LogP) is 1.36. The molecule has 3 heteroatoms. The van der Waals surface area contributed by atoms with Crippen molar-refractivity contribution in [3.63, 3.8) is 0 Å². The van der Waals surface area contributed by atoms with Gasteiger partial charge in [-0.15, -0.1) is 0 Å². The lowest BCUT2D eigenvalue weighted by Gasteiger charge is -2.30. The van der Waals surface area contributed by atoms with Gasteiger partial charge in [-0.2, -0.15) is 0 Å². The van der Waals surface area contributed by atoms with Gasteiger partial charge < -0.3 is 10.4 Å². The van der Waals surface area contributed by atoms with Gasteiger partial charge in [-0.05, 0) is 38.1 Å². The molecule has 2 heterocycles. The van der Waals surface area contributed by atoms with Gasteiger partial charge in [0.1, 0.15) is 0 Å². The summed E-state index contributed by atoms with van der Waals surface area (Å²) in [5.41, 5.74) is 0. The van der Waals surface area contributed by atoms with Gasteiger partial charge in [-0.25, -0.2) is 0 Å². The number of hydrogen-bond donors (Lipinski definition) is 2. The van der Waals surface area contributed by atoms with Crippen LogP contribution in [0.25, 0.3) is 0 Å². The van der Waals surface area contributed by atoms with Crippen LogP contribution >= 0.6 is 0 Å². The average Bonchev–Trinajstić information content (AvgIpc) is 2.65. The monoisotopic (exact) mass is 238 g/mol. The van der Waals surface area contributed by atoms with E-state index in [2.05, 4.69) is 10.2 Å². The maximum absolute atomic E-state index is 10.3. The van der Waals surface area contributed by atoms with Gasteiger partial charge in [0, 0.05) is 25.2 Å². The number of rotatable bonds is 1. The number of piperidine rings is 1. The zero-order valence-electron chi connectivity index (χ0n) is 10.8. The summed E-state index contributed by atoms with van der Waals surface area (Å²) in [7, 11) is 0. The van der Waals surface area contributed by atoms with E-state index in [0.717, 1.165) is 12.3 Å². The molecule has 0 aromatic heterocycles. The quantitative estimate of drug-likeness (QED) is 0.677. The molecule has 3 nitrogen and oxygen atoms in total. The van der Waals surface area contributed by atoms with Crippen LogP contribution < -0.4 is 5.32 Å². The Labute approximate surface area is 105 Å². The molecule has 17 heavy (non-hydrogen) atoms. The van der Waals surface area contributed by atoms with Crippen LogP contribution in [0.5, 0.6) is 0 Å². The molecule has 0 spiro atoms. The minimum absolute atomic E-state index is 0.0716. The first-order chi connectivity index (χ1) is 8.34. The summed E-state index contributed by atoms with van der Waals surface area (Å²) in [6.07, 6.45) is 8.71. The van der Waals surface area contributed by atoms with E-state index >= 15 is 0 Å². The molecule has 0 aromatic carbocycles. The lowest BCUT2D eigenvalue weighted by molar-refractivity contribution is 0.0545. The molecule has 4 unspecified atom stereocenters. The number of likely N-dealkylation sites (tertiary alicyclic amines) is 1. The van der Waals surface area contributed by atoms with E-state index in [1.165, 1.54) is 58.2 Å². The van der Waals surface area contributed by atoms with Crippen molar-refractivity contribution in [2.45, 2.75) is 63.1 Å². The Morgan fingerprint density at radius 1 is 0.941 bits per heavy atom. The van der Waals surface area contributed by atoms with E-state index in [1.807, 2.05) is 0 Å². The largest absolute Gasteiger partial charge is 0.391 e. The third kappa shape index (κ3) is 2.51. The Kier molecular flexibility index (Phi) is 3.69. The van der Waals surface area contributed by atoms with Crippen molar-refractivity contribution in [3.8, 4) is 0 Å². The summed E-state index contributed by atoms with van der Waals surface area (Å²) in [5.74, 6) is 0.846. The van der Waals surface area contributed by atoms with Gasteiger partial charge in [0.2, 0.25) is 0 Å². The molecular weight excluding hydrogens is 212 g/mol. The molecule has 3 aliphatic rings. The van der Waals surface area contributed by atoms with Gasteiger partial charge in [0.05, 0.1) is 6.10 Å². The van der Waals surface area contributed by atoms with Crippen molar-refractivity contribution in [1.29, 1.82) is 0 Å². The van der Waals surface area contributed by atoms with Gasteiger partial charge in [-0.3, -0.25) is 4.90 Å². The summed E-state index contributed by atoms with van der Waals surface area (Å²) < 4.78 is 0. The van der Waals surface area contributed by atoms with Gasteiger partial charge in [-0.1, -0.05) is 19.3 Å². The van der Waals surface area contributed by atoms with E-state index < -0.39 is 0 Å². The summed E-state index contributed by atoms with van der Waals surface area (Å²) in [5, 5.41) is 13.9. The fraction of sp³-hybridized carbons (Fsp3) is 1.00. The minimum atomic E-state index is -0.0716. The maximum Gasteiger partial charge on any atom is 0.0695 e. The summed E-state index contributed by atoms with van der Waals surface area (Å²) in [6, 6.07) is 1.16. The molecule has 1 aliphatic carbocycles. The predicted molar refractivity (Wildman–Crippen MR) is 69.0 cm³/mol. The lowest BCUT2D eigenvalue weighted by atomic mass is 9.94. The van der Waals surface area contributed by atoms with E-state index in [9.17, 15) is 5.11 Å². The van der Waals surface area contributed by atoms with Crippen LogP contribution in [-0.4, -0.2) is 47.8 Å². The van der Waals surface area contributed by atoms with E-state index in [1.54, 1.807) is 0 Å². The first-order valence-corrected chi connectivity index (χ1v) is 7.50. The third-order valence-corrected chi connectivity index (χ3v) is 5.04. The molecule has 0 aromatic rings. The van der Waals surface area contributed by atoms with E-state index in [-0.39, 0.29) is 6.10 Å². The van der Waals surface area contributed by atoms with E-state index in [4.69, 9.17) is 0 Å². The van der Waals surface area contributed by atoms with Crippen molar-refractivity contribution in [2.75, 3.05) is 19.6 Å². The Morgan fingerprint density at radius 3 is 2.71 bits per heavy atom. The number of aliphatic hydroxyl groups excluding tert-OH is 1. The maximum atomic E-state index is 10.3. The van der Waals surface area contributed by atoms with Gasteiger partial charge in [0.25, 0.3) is 0 Å². The van der Waals surface area contributed by atoms with Crippen LogP contribution in [0.2, 0.25) is 0 Å². The first kappa shape index (κ1) is 11.9. The normalized spacial score (nSPS) is 44.3. The number of hydrogen-bond acceptors (Lipinski definition) is 3. The smallest absolute Gasteiger partial charge is 0.0695 e. The minimum Gasteiger partial charge on any atom is -0.391 e. The molecule has 3 fully saturated rings. The highest BCUT2D eigenvalue weighted by atomic mass is 16.3. The van der Waals surface area contributed by atoms with Gasteiger partial charge in [0.15, 0.2) is 0 Å². The van der Waals surface area contributed by atoms with Crippen molar-refractivity contribution in [1.82, 2.24) is 10.2 Å². The van der Waals surface area contributed by atoms with Crippen LogP contribution in [0, 0.1) is 5.92 Å². The molecule has 2 aliphatic heterocycles. The standard InChI is InChI=1S/C14H26N2O/c17-14-7-3-1-2-6-13(14)16-9-11-5-4-8-15-12(11)10-16/h11-15,17H,1-10H2. The van der Waals surface area contributed by atoms with Gasteiger partial charge >= 0.3 is 0 Å². The molecular formula is C14H26N2O. The second-order valence-corrected chi connectivity index (χ2v) is 6.19. The Balaban J connectivity index is 1.63. The molecule has 3 rings (SSSR count). The zero-order chi connectivity index (χ0) is 11.7. The Bertz CT molecular complexity index is 245. The molecule has 1 saturated carbocycles. The van der Waals surface area contributed by atoms with Crippen molar-refractivity contribution in [3.05, 3.63) is 0 Å². The molecule has 0 amide bonds. The van der Waals surface area contributed by atoms with Crippen molar-refractivity contribution >= 4 is 0 Å². The number of nitrogens with one attached hydrogen (secondary N) is 1. The molecule has 2 N–H and O–H groups in total. The highest BCUT2D eigenvalue weighted by Gasteiger charge is 2.39. The summed E-state index contributed by atoms with van der Waals surface area (Å²) in [4.78, 5) is 2.59. The SMILES string of the molecule is OC1CCCCCC1N1CC2CCCNC2C1. The van der Waals surface area contributed by atoms with Crippen molar-refractivity contribution < 1.29 is 5.11 Å². The number of aliphatic hydroxyl groups is 1. The molecule has 2 saturated heterocycles. The van der Waals surface area contributed by atoms with Crippen molar-refractivity contribution in [2.24, 2.45) is 5.92 Å². The molecule has 98 valence electrons. The zero-order valence-corrected chi connectivity index (χ0v) is 10.8. The first-order valence-electron chi connectivity index (χ1n) is 7.50. The Morgan fingerprint density at radius 2 is 1.82 bits per heavy atom. The number of nitrogens with zero attached hydrogens (tertiary/aromatic N) is 1. The Hall–Kier alpha value is -0.120. The second-order valence-electron chi connectivity index (χ2n) is 6.19. The number of fused-ring (bicyclic) bond motifs is 1. The summed E-state index contributed by atoms with van der Waals surface area (Å²) >= 11 is 0. The molecule has 0 bridgehead atoms. The lowest BCUT2D eigenvalue weighted by Crippen LogP contribution is -2.44. The van der Waals surface area contributed by atoms with Crippen LogP contribution in [0.4, 0.5) is 0 Å². The molecule has 0 radical (unpaired) electrons. The fourth-order valence-electron chi connectivity index (χ4n) is 4.05. The van der Waals surface area contributed by atoms with Crippen LogP contribution in [0.1, 0.15) is 44.9 Å². The average molecular weight is 238 g/mol. The van der Waals surface area contributed by atoms with E-state index in [0.29, 0.717) is 12.1 Å². The summed E-state index contributed by atoms with van der Waals surface area (Å²) in [6.45, 7) is 3.59. The third-order valence-electron chi connectivity index (χ3n) is 5.04. The highest BCUT2D eigenvalue weighted by molar-refractivity contribution is 4.96.